The van der Waals surface area contributed by atoms with Crippen LogP contribution in [0.1, 0.15) is 36.3 Å². The Morgan fingerprint density at radius 3 is 2.84 bits per heavy atom. The predicted octanol–water partition coefficient (Wildman–Crippen LogP) is 3.42. The maximum atomic E-state index is 5.49. The second-order valence-electron chi connectivity index (χ2n) is 5.37. The Bertz CT molecular complexity index is 396. The highest BCUT2D eigenvalue weighted by atomic mass is 16.5. The van der Waals surface area contributed by atoms with Crippen molar-refractivity contribution in [1.82, 2.24) is 5.32 Å². The molecule has 0 amide bonds. The third kappa shape index (κ3) is 4.19. The van der Waals surface area contributed by atoms with E-state index in [1.807, 2.05) is 6.08 Å². The number of nitrogens with one attached hydrogen (secondary N) is 1. The van der Waals surface area contributed by atoms with E-state index < -0.39 is 0 Å². The van der Waals surface area contributed by atoms with Crippen molar-refractivity contribution in [2.24, 2.45) is 0 Å². The first kappa shape index (κ1) is 14.3. The van der Waals surface area contributed by atoms with Crippen LogP contribution in [0.2, 0.25) is 0 Å². The molecule has 1 fully saturated rings. The zero-order valence-corrected chi connectivity index (χ0v) is 11.9. The number of aryl methyl sites for hydroxylation is 1. The lowest BCUT2D eigenvalue weighted by molar-refractivity contribution is 0.133. The Hall–Kier alpha value is -1.12. The van der Waals surface area contributed by atoms with E-state index in [0.29, 0.717) is 6.04 Å². The molecule has 2 heteroatoms. The third-order valence-corrected chi connectivity index (χ3v) is 3.91. The minimum absolute atomic E-state index is 0.674. The zero-order chi connectivity index (χ0) is 13.5. The number of rotatable bonds is 8. The molecule has 0 radical (unpaired) electrons. The van der Waals surface area contributed by atoms with Crippen LogP contribution in [0.5, 0.6) is 0 Å². The lowest BCUT2D eigenvalue weighted by Gasteiger charge is -2.37. The molecule has 1 aromatic rings. The summed E-state index contributed by atoms with van der Waals surface area (Å²) in [7, 11) is 0. The van der Waals surface area contributed by atoms with Gasteiger partial charge in [-0.05, 0) is 43.2 Å². The quantitative estimate of drug-likeness (QED) is 0.570. The summed E-state index contributed by atoms with van der Waals surface area (Å²) in [6.07, 6.45) is 5.36. The first-order valence-electron chi connectivity index (χ1n) is 7.29. The zero-order valence-electron chi connectivity index (χ0n) is 11.9. The van der Waals surface area contributed by atoms with E-state index >= 15 is 0 Å². The Morgan fingerprint density at radius 2 is 2.11 bits per heavy atom. The van der Waals surface area contributed by atoms with Gasteiger partial charge >= 0.3 is 0 Å². The van der Waals surface area contributed by atoms with E-state index in [0.717, 1.165) is 32.1 Å². The number of hydrogen-bond donors (Lipinski definition) is 1. The van der Waals surface area contributed by atoms with Gasteiger partial charge in [0.25, 0.3) is 0 Å². The van der Waals surface area contributed by atoms with Crippen LogP contribution >= 0.6 is 0 Å². The standard InChI is InChI=1S/C17H25NO/c1-3-4-10-19-11-9-18-16-12-15(13-16)17-8-6-5-7-14(17)2/h3,5-8,15-16,18H,1,4,9-13H2,2H3. The van der Waals surface area contributed by atoms with Gasteiger partial charge in [-0.15, -0.1) is 6.58 Å². The minimum Gasteiger partial charge on any atom is -0.380 e. The first-order valence-corrected chi connectivity index (χ1v) is 7.29. The summed E-state index contributed by atoms with van der Waals surface area (Å²) in [5.74, 6) is 0.750. The molecule has 19 heavy (non-hydrogen) atoms. The maximum Gasteiger partial charge on any atom is 0.0591 e. The van der Waals surface area contributed by atoms with E-state index in [-0.39, 0.29) is 0 Å². The molecule has 0 atom stereocenters. The molecule has 2 rings (SSSR count). The van der Waals surface area contributed by atoms with Crippen molar-refractivity contribution in [2.75, 3.05) is 19.8 Å². The van der Waals surface area contributed by atoms with Gasteiger partial charge in [0.15, 0.2) is 0 Å². The molecule has 0 unspecified atom stereocenters. The summed E-state index contributed by atoms with van der Waals surface area (Å²) >= 11 is 0. The van der Waals surface area contributed by atoms with Crippen molar-refractivity contribution < 1.29 is 4.74 Å². The molecule has 1 aromatic carbocycles. The summed E-state index contributed by atoms with van der Waals surface area (Å²) in [5.41, 5.74) is 2.96. The molecule has 0 saturated heterocycles. The smallest absolute Gasteiger partial charge is 0.0591 e. The van der Waals surface area contributed by atoms with Crippen molar-refractivity contribution >= 4 is 0 Å². The van der Waals surface area contributed by atoms with Gasteiger partial charge in [0.2, 0.25) is 0 Å². The van der Waals surface area contributed by atoms with Crippen molar-refractivity contribution in [3.63, 3.8) is 0 Å². The third-order valence-electron chi connectivity index (χ3n) is 3.91. The first-order chi connectivity index (χ1) is 9.31. The minimum atomic E-state index is 0.674. The van der Waals surface area contributed by atoms with Gasteiger partial charge in [0.05, 0.1) is 13.2 Å². The molecule has 0 aromatic heterocycles. The normalized spacial score (nSPS) is 21.9. The molecule has 0 aliphatic heterocycles. The number of hydrogen-bond acceptors (Lipinski definition) is 2. The summed E-state index contributed by atoms with van der Waals surface area (Å²) < 4.78 is 5.49. The second kappa shape index (κ2) is 7.46. The van der Waals surface area contributed by atoms with Crippen LogP contribution in [-0.4, -0.2) is 25.8 Å². The van der Waals surface area contributed by atoms with Gasteiger partial charge in [-0.1, -0.05) is 30.3 Å². The fraction of sp³-hybridized carbons (Fsp3) is 0.529. The van der Waals surface area contributed by atoms with Crippen LogP contribution in [0.15, 0.2) is 36.9 Å². The number of ether oxygens (including phenoxy) is 1. The highest BCUT2D eigenvalue weighted by Gasteiger charge is 2.30. The van der Waals surface area contributed by atoms with Crippen LogP contribution < -0.4 is 5.32 Å². The van der Waals surface area contributed by atoms with Gasteiger partial charge in [0.1, 0.15) is 0 Å². The second-order valence-corrected chi connectivity index (χ2v) is 5.37. The van der Waals surface area contributed by atoms with Gasteiger partial charge in [-0.3, -0.25) is 0 Å². The highest BCUT2D eigenvalue weighted by Crippen LogP contribution is 2.38. The molecule has 1 aliphatic rings. The molecule has 0 spiro atoms. The van der Waals surface area contributed by atoms with E-state index in [1.54, 1.807) is 0 Å². The summed E-state index contributed by atoms with van der Waals surface area (Å²) in [4.78, 5) is 0. The van der Waals surface area contributed by atoms with Crippen molar-refractivity contribution in [1.29, 1.82) is 0 Å². The van der Waals surface area contributed by atoms with Gasteiger partial charge in [-0.25, -0.2) is 0 Å². The Kier molecular flexibility index (Phi) is 5.62. The average molecular weight is 259 g/mol. The maximum absolute atomic E-state index is 5.49. The molecule has 2 nitrogen and oxygen atoms in total. The van der Waals surface area contributed by atoms with Crippen LogP contribution in [0.25, 0.3) is 0 Å². The fourth-order valence-corrected chi connectivity index (χ4v) is 2.69. The average Bonchev–Trinajstić information content (AvgIpc) is 2.37. The van der Waals surface area contributed by atoms with Gasteiger partial charge < -0.3 is 10.1 Å². The lowest BCUT2D eigenvalue weighted by Crippen LogP contribution is -2.41. The predicted molar refractivity (Wildman–Crippen MR) is 80.6 cm³/mol. The van der Waals surface area contributed by atoms with Gasteiger partial charge in [-0.2, -0.15) is 0 Å². The molecular weight excluding hydrogens is 234 g/mol. The monoisotopic (exact) mass is 259 g/mol. The van der Waals surface area contributed by atoms with E-state index in [1.165, 1.54) is 24.0 Å². The summed E-state index contributed by atoms with van der Waals surface area (Å²) in [6.45, 7) is 8.45. The van der Waals surface area contributed by atoms with Crippen LogP contribution in [0, 0.1) is 6.92 Å². The number of benzene rings is 1. The van der Waals surface area contributed by atoms with Crippen LogP contribution in [-0.2, 0) is 4.74 Å². The lowest BCUT2D eigenvalue weighted by atomic mass is 9.74. The molecule has 1 saturated carbocycles. The Morgan fingerprint density at radius 1 is 1.32 bits per heavy atom. The van der Waals surface area contributed by atoms with E-state index in [2.05, 4.69) is 43.1 Å². The van der Waals surface area contributed by atoms with Crippen LogP contribution in [0.3, 0.4) is 0 Å². The summed E-state index contributed by atoms with van der Waals surface area (Å²) in [5, 5.41) is 3.56. The largest absolute Gasteiger partial charge is 0.380 e. The highest BCUT2D eigenvalue weighted by molar-refractivity contribution is 5.31. The molecule has 0 heterocycles. The molecule has 0 bridgehead atoms. The van der Waals surface area contributed by atoms with E-state index in [4.69, 9.17) is 4.74 Å². The van der Waals surface area contributed by atoms with Crippen molar-refractivity contribution in [3.8, 4) is 0 Å². The molecule has 1 aliphatic carbocycles. The molecule has 1 N–H and O–H groups in total. The fourth-order valence-electron chi connectivity index (χ4n) is 2.69. The Labute approximate surface area is 116 Å². The SMILES string of the molecule is C=CCCOCCNC1CC(c2ccccc2C)C1. The summed E-state index contributed by atoms with van der Waals surface area (Å²) in [6, 6.07) is 9.43. The van der Waals surface area contributed by atoms with Crippen LogP contribution in [0.4, 0.5) is 0 Å². The van der Waals surface area contributed by atoms with Crippen molar-refractivity contribution in [2.45, 2.75) is 38.1 Å². The Balaban J connectivity index is 1.59. The topological polar surface area (TPSA) is 21.3 Å². The van der Waals surface area contributed by atoms with E-state index in [9.17, 15) is 0 Å². The van der Waals surface area contributed by atoms with Crippen molar-refractivity contribution in [3.05, 3.63) is 48.0 Å². The molecular formula is C17H25NO. The van der Waals surface area contributed by atoms with Gasteiger partial charge in [0, 0.05) is 12.6 Å². The molecule has 104 valence electrons.